The molecule has 1 atom stereocenters. The van der Waals surface area contributed by atoms with Crippen LogP contribution in [0.3, 0.4) is 0 Å². The molecule has 0 aliphatic carbocycles. The Morgan fingerprint density at radius 1 is 1.35 bits per heavy atom. The molecule has 0 amide bonds. The Morgan fingerprint density at radius 2 is 2.13 bits per heavy atom. The van der Waals surface area contributed by atoms with E-state index in [-0.39, 0.29) is 22.9 Å². The summed E-state index contributed by atoms with van der Waals surface area (Å²) < 4.78 is 51.2. The van der Waals surface area contributed by atoms with Crippen LogP contribution in [0.15, 0.2) is 41.4 Å². The number of hydrogen-bond donors (Lipinski definition) is 0. The molecule has 8 heteroatoms. The minimum absolute atomic E-state index is 0.00242. The molecule has 122 valence electrons. The quantitative estimate of drug-likeness (QED) is 0.858. The summed E-state index contributed by atoms with van der Waals surface area (Å²) in [5, 5.41) is 0. The van der Waals surface area contributed by atoms with Gasteiger partial charge in [-0.1, -0.05) is 6.07 Å². The van der Waals surface area contributed by atoms with Gasteiger partial charge in [-0.15, -0.1) is 0 Å². The van der Waals surface area contributed by atoms with Crippen molar-refractivity contribution in [3.05, 3.63) is 42.3 Å². The predicted octanol–water partition coefficient (Wildman–Crippen LogP) is 2.21. The van der Waals surface area contributed by atoms with E-state index in [1.807, 2.05) is 0 Å². The predicted molar refractivity (Wildman–Crippen MR) is 81.8 cm³/mol. The van der Waals surface area contributed by atoms with Gasteiger partial charge in [0.25, 0.3) is 10.0 Å². The van der Waals surface area contributed by atoms with Gasteiger partial charge >= 0.3 is 0 Å². The standard InChI is InChI=1S/C15H15FN2O4S/c1-10-9-18(13-5-3-4-12(16)15(13)22-10)23(19,20)11-6-7-14(21-2)17-8-11/h3-8,10H,9H2,1-2H3. The number of fused-ring (bicyclic) bond motifs is 1. The second-order valence-electron chi connectivity index (χ2n) is 5.09. The molecule has 0 saturated carbocycles. The van der Waals surface area contributed by atoms with E-state index >= 15 is 0 Å². The van der Waals surface area contributed by atoms with E-state index in [1.54, 1.807) is 6.92 Å². The van der Waals surface area contributed by atoms with Crippen LogP contribution in [0.2, 0.25) is 0 Å². The first-order valence-corrected chi connectivity index (χ1v) is 8.35. The summed E-state index contributed by atoms with van der Waals surface area (Å²) in [6.07, 6.45) is 0.744. The molecule has 0 radical (unpaired) electrons. The molecule has 2 aromatic rings. The maximum absolute atomic E-state index is 13.9. The highest BCUT2D eigenvalue weighted by molar-refractivity contribution is 7.92. The number of anilines is 1. The summed E-state index contributed by atoms with van der Waals surface area (Å²) in [5.41, 5.74) is 0.180. The van der Waals surface area contributed by atoms with Gasteiger partial charge in [-0.05, 0) is 25.1 Å². The molecule has 23 heavy (non-hydrogen) atoms. The number of nitrogens with zero attached hydrogens (tertiary/aromatic N) is 2. The Hall–Kier alpha value is -2.35. The van der Waals surface area contributed by atoms with Crippen LogP contribution in [0.25, 0.3) is 0 Å². The first kappa shape index (κ1) is 15.5. The van der Waals surface area contributed by atoms with E-state index in [0.717, 1.165) is 4.31 Å². The number of sulfonamides is 1. The molecule has 1 aliphatic heterocycles. The average Bonchev–Trinajstić information content (AvgIpc) is 2.55. The number of pyridine rings is 1. The zero-order valence-electron chi connectivity index (χ0n) is 12.6. The fourth-order valence-electron chi connectivity index (χ4n) is 2.38. The molecule has 1 aromatic carbocycles. The lowest BCUT2D eigenvalue weighted by molar-refractivity contribution is 0.209. The van der Waals surface area contributed by atoms with Gasteiger partial charge < -0.3 is 9.47 Å². The van der Waals surface area contributed by atoms with Crippen LogP contribution in [0.1, 0.15) is 6.92 Å². The summed E-state index contributed by atoms with van der Waals surface area (Å²) in [6.45, 7) is 1.77. The number of benzene rings is 1. The minimum Gasteiger partial charge on any atom is -0.484 e. The minimum atomic E-state index is -3.88. The molecule has 0 fully saturated rings. The van der Waals surface area contributed by atoms with E-state index in [4.69, 9.17) is 9.47 Å². The van der Waals surface area contributed by atoms with Crippen LogP contribution >= 0.6 is 0 Å². The van der Waals surface area contributed by atoms with Gasteiger partial charge in [-0.2, -0.15) is 0 Å². The zero-order valence-corrected chi connectivity index (χ0v) is 13.4. The van der Waals surface area contributed by atoms with E-state index in [2.05, 4.69) is 4.98 Å². The fourth-order valence-corrected chi connectivity index (χ4v) is 3.87. The Labute approximate surface area is 133 Å². The molecule has 0 spiro atoms. The van der Waals surface area contributed by atoms with Gasteiger partial charge in [0, 0.05) is 6.07 Å². The van der Waals surface area contributed by atoms with Crippen LogP contribution in [-0.4, -0.2) is 33.2 Å². The lowest BCUT2D eigenvalue weighted by Crippen LogP contribution is -2.42. The molecule has 6 nitrogen and oxygen atoms in total. The third-order valence-electron chi connectivity index (χ3n) is 3.46. The van der Waals surface area contributed by atoms with E-state index in [1.165, 1.54) is 43.6 Å². The Balaban J connectivity index is 2.08. The highest BCUT2D eigenvalue weighted by Gasteiger charge is 2.34. The van der Waals surface area contributed by atoms with Crippen LogP contribution in [0, 0.1) is 5.82 Å². The van der Waals surface area contributed by atoms with E-state index < -0.39 is 21.9 Å². The number of ether oxygens (including phenoxy) is 2. The maximum atomic E-state index is 13.9. The summed E-state index contributed by atoms with van der Waals surface area (Å²) in [6, 6.07) is 7.06. The van der Waals surface area contributed by atoms with Crippen molar-refractivity contribution in [3.8, 4) is 11.6 Å². The van der Waals surface area contributed by atoms with Gasteiger partial charge in [0.2, 0.25) is 5.88 Å². The number of methoxy groups -OCH3 is 1. The fraction of sp³-hybridized carbons (Fsp3) is 0.267. The highest BCUT2D eigenvalue weighted by Crippen LogP contribution is 2.38. The van der Waals surface area contributed by atoms with Gasteiger partial charge in [-0.3, -0.25) is 4.31 Å². The monoisotopic (exact) mass is 338 g/mol. The maximum Gasteiger partial charge on any atom is 0.266 e. The molecule has 1 aliphatic rings. The Bertz CT molecular complexity index is 824. The largest absolute Gasteiger partial charge is 0.484 e. The van der Waals surface area contributed by atoms with Crippen LogP contribution in [0.4, 0.5) is 10.1 Å². The van der Waals surface area contributed by atoms with Crippen molar-refractivity contribution in [2.75, 3.05) is 18.0 Å². The highest BCUT2D eigenvalue weighted by atomic mass is 32.2. The number of rotatable bonds is 3. The summed E-state index contributed by atoms with van der Waals surface area (Å²) in [7, 11) is -2.44. The van der Waals surface area contributed by atoms with Crippen LogP contribution in [0.5, 0.6) is 11.6 Å². The second-order valence-corrected chi connectivity index (χ2v) is 6.95. The summed E-state index contributed by atoms with van der Waals surface area (Å²) in [4.78, 5) is 3.92. The van der Waals surface area contributed by atoms with Gasteiger partial charge in [-0.25, -0.2) is 17.8 Å². The summed E-state index contributed by atoms with van der Waals surface area (Å²) >= 11 is 0. The van der Waals surface area contributed by atoms with Gasteiger partial charge in [0.05, 0.1) is 25.5 Å². The van der Waals surface area contributed by atoms with Gasteiger partial charge in [0.15, 0.2) is 11.6 Å². The SMILES string of the molecule is COc1ccc(S(=O)(=O)N2CC(C)Oc3c(F)cccc32)cn1. The number of hydrogen-bond acceptors (Lipinski definition) is 5. The zero-order chi connectivity index (χ0) is 16.6. The molecule has 0 bridgehead atoms. The lowest BCUT2D eigenvalue weighted by Gasteiger charge is -2.34. The Morgan fingerprint density at radius 3 is 2.78 bits per heavy atom. The topological polar surface area (TPSA) is 68.7 Å². The molecule has 3 rings (SSSR count). The van der Waals surface area contributed by atoms with Crippen molar-refractivity contribution in [1.82, 2.24) is 4.98 Å². The summed E-state index contributed by atoms with van der Waals surface area (Å²) in [5.74, 6) is -0.343. The first-order valence-electron chi connectivity index (χ1n) is 6.91. The average molecular weight is 338 g/mol. The van der Waals surface area contributed by atoms with E-state index in [0.29, 0.717) is 5.88 Å². The van der Waals surface area contributed by atoms with Crippen LogP contribution in [-0.2, 0) is 10.0 Å². The molecule has 0 saturated heterocycles. The molecule has 1 aromatic heterocycles. The molecule has 0 N–H and O–H groups in total. The molecular weight excluding hydrogens is 323 g/mol. The molecular formula is C15H15FN2O4S. The lowest BCUT2D eigenvalue weighted by atomic mass is 10.2. The van der Waals surface area contributed by atoms with Gasteiger partial charge in [0.1, 0.15) is 11.0 Å². The smallest absolute Gasteiger partial charge is 0.266 e. The van der Waals surface area contributed by atoms with Crippen molar-refractivity contribution in [3.63, 3.8) is 0 Å². The van der Waals surface area contributed by atoms with Crippen molar-refractivity contribution in [2.45, 2.75) is 17.9 Å². The molecule has 1 unspecified atom stereocenters. The number of para-hydroxylation sites is 1. The van der Waals surface area contributed by atoms with Crippen molar-refractivity contribution < 1.29 is 22.3 Å². The number of aromatic nitrogens is 1. The third kappa shape index (κ3) is 2.70. The Kier molecular flexibility index (Phi) is 3.85. The second kappa shape index (κ2) is 5.69. The number of halogens is 1. The van der Waals surface area contributed by atoms with E-state index in [9.17, 15) is 12.8 Å². The van der Waals surface area contributed by atoms with Crippen molar-refractivity contribution in [1.29, 1.82) is 0 Å². The normalized spacial score (nSPS) is 17.3. The van der Waals surface area contributed by atoms with Crippen molar-refractivity contribution >= 4 is 15.7 Å². The molecule has 2 heterocycles. The third-order valence-corrected chi connectivity index (χ3v) is 5.23. The first-order chi connectivity index (χ1) is 10.9. The van der Waals surface area contributed by atoms with Crippen molar-refractivity contribution in [2.24, 2.45) is 0 Å². The van der Waals surface area contributed by atoms with Crippen LogP contribution < -0.4 is 13.8 Å².